The molecule has 0 aromatic heterocycles. The molecule has 0 radical (unpaired) electrons. The largest absolute Gasteiger partial charge is 0.493 e. The van der Waals surface area contributed by atoms with Crippen LogP contribution in [0.4, 0.5) is 0 Å². The zero-order valence-electron chi connectivity index (χ0n) is 10.6. The normalized spacial score (nSPS) is 12.4. The summed E-state index contributed by atoms with van der Waals surface area (Å²) >= 11 is 0. The standard InChI is InChI=1S/C13H20O3/c1-8(7-14)11-6-12(15-4)13(16-5)10(3)9(11)2/h6,8,14H,7H2,1-5H3. The van der Waals surface area contributed by atoms with Gasteiger partial charge in [0.2, 0.25) is 0 Å². The molecule has 0 aliphatic carbocycles. The third-order valence-electron chi connectivity index (χ3n) is 3.08. The lowest BCUT2D eigenvalue weighted by Gasteiger charge is -2.19. The summed E-state index contributed by atoms with van der Waals surface area (Å²) in [5.41, 5.74) is 3.33. The van der Waals surface area contributed by atoms with Crippen molar-refractivity contribution in [3.8, 4) is 11.5 Å². The SMILES string of the molecule is COc1cc(C(C)CO)c(C)c(C)c1OC. The molecule has 1 aromatic rings. The number of aliphatic hydroxyl groups is 1. The Hall–Kier alpha value is -1.22. The molecule has 3 heteroatoms. The molecule has 16 heavy (non-hydrogen) atoms. The van der Waals surface area contributed by atoms with Crippen LogP contribution in [0.25, 0.3) is 0 Å². The van der Waals surface area contributed by atoms with Crippen molar-refractivity contribution in [1.82, 2.24) is 0 Å². The van der Waals surface area contributed by atoms with E-state index in [0.29, 0.717) is 0 Å². The maximum absolute atomic E-state index is 9.22. The van der Waals surface area contributed by atoms with Crippen molar-refractivity contribution >= 4 is 0 Å². The average Bonchev–Trinajstić information content (AvgIpc) is 2.31. The molecule has 0 amide bonds. The molecule has 3 nitrogen and oxygen atoms in total. The van der Waals surface area contributed by atoms with Gasteiger partial charge in [-0.15, -0.1) is 0 Å². The molecule has 0 aliphatic rings. The van der Waals surface area contributed by atoms with Crippen molar-refractivity contribution in [2.75, 3.05) is 20.8 Å². The number of methoxy groups -OCH3 is 2. The van der Waals surface area contributed by atoms with E-state index >= 15 is 0 Å². The Kier molecular flexibility index (Phi) is 4.19. The van der Waals surface area contributed by atoms with Gasteiger partial charge in [-0.25, -0.2) is 0 Å². The number of hydrogen-bond donors (Lipinski definition) is 1. The molecule has 0 aliphatic heterocycles. The summed E-state index contributed by atoms with van der Waals surface area (Å²) in [7, 11) is 3.26. The van der Waals surface area contributed by atoms with E-state index in [4.69, 9.17) is 9.47 Å². The van der Waals surface area contributed by atoms with Crippen molar-refractivity contribution < 1.29 is 14.6 Å². The highest BCUT2D eigenvalue weighted by atomic mass is 16.5. The van der Waals surface area contributed by atoms with Crippen LogP contribution < -0.4 is 9.47 Å². The maximum atomic E-state index is 9.22. The lowest BCUT2D eigenvalue weighted by atomic mass is 9.93. The average molecular weight is 224 g/mol. The van der Waals surface area contributed by atoms with Gasteiger partial charge in [0.1, 0.15) is 0 Å². The summed E-state index contributed by atoms with van der Waals surface area (Å²) in [5.74, 6) is 1.60. The van der Waals surface area contributed by atoms with E-state index in [9.17, 15) is 5.11 Å². The fourth-order valence-electron chi connectivity index (χ4n) is 1.90. The van der Waals surface area contributed by atoms with Gasteiger partial charge in [-0.1, -0.05) is 6.92 Å². The molecular formula is C13H20O3. The topological polar surface area (TPSA) is 38.7 Å². The molecule has 1 atom stereocenters. The fourth-order valence-corrected chi connectivity index (χ4v) is 1.90. The van der Waals surface area contributed by atoms with Crippen molar-refractivity contribution in [2.45, 2.75) is 26.7 Å². The molecule has 1 unspecified atom stereocenters. The van der Waals surface area contributed by atoms with Gasteiger partial charge in [0.15, 0.2) is 11.5 Å². The minimum atomic E-state index is 0.110. The Morgan fingerprint density at radius 3 is 2.25 bits per heavy atom. The van der Waals surface area contributed by atoms with Crippen LogP contribution in [0, 0.1) is 13.8 Å². The molecule has 0 saturated heterocycles. The van der Waals surface area contributed by atoms with Crippen LogP contribution in [0.1, 0.15) is 29.5 Å². The molecule has 90 valence electrons. The summed E-state index contributed by atoms with van der Waals surface area (Å²) in [6, 6.07) is 1.95. The lowest BCUT2D eigenvalue weighted by molar-refractivity contribution is 0.272. The Labute approximate surface area is 97.0 Å². The van der Waals surface area contributed by atoms with Crippen LogP contribution >= 0.6 is 0 Å². The van der Waals surface area contributed by atoms with E-state index in [1.807, 2.05) is 26.8 Å². The molecular weight excluding hydrogens is 204 g/mol. The first-order chi connectivity index (χ1) is 7.56. The first kappa shape index (κ1) is 12.8. The first-order valence-corrected chi connectivity index (χ1v) is 5.39. The van der Waals surface area contributed by atoms with Gasteiger partial charge in [0, 0.05) is 12.5 Å². The predicted molar refractivity (Wildman–Crippen MR) is 64.5 cm³/mol. The van der Waals surface area contributed by atoms with Gasteiger partial charge in [0.05, 0.1) is 14.2 Å². The minimum Gasteiger partial charge on any atom is -0.493 e. The van der Waals surface area contributed by atoms with Crippen LogP contribution in [0.5, 0.6) is 11.5 Å². The van der Waals surface area contributed by atoms with E-state index in [1.54, 1.807) is 14.2 Å². The summed E-state index contributed by atoms with van der Waals surface area (Å²) in [6.45, 7) is 6.17. The van der Waals surface area contributed by atoms with E-state index < -0.39 is 0 Å². The molecule has 0 saturated carbocycles. The predicted octanol–water partition coefficient (Wildman–Crippen LogP) is 2.42. The van der Waals surface area contributed by atoms with E-state index in [2.05, 4.69) is 0 Å². The highest BCUT2D eigenvalue weighted by Gasteiger charge is 2.16. The Morgan fingerprint density at radius 2 is 1.81 bits per heavy atom. The zero-order valence-corrected chi connectivity index (χ0v) is 10.6. The van der Waals surface area contributed by atoms with E-state index in [1.165, 1.54) is 0 Å². The Bertz CT molecular complexity index is 372. The fraction of sp³-hybridized carbons (Fsp3) is 0.538. The Balaban J connectivity index is 3.38. The van der Waals surface area contributed by atoms with E-state index in [-0.39, 0.29) is 12.5 Å². The van der Waals surface area contributed by atoms with Crippen LogP contribution in [0.3, 0.4) is 0 Å². The van der Waals surface area contributed by atoms with Gasteiger partial charge in [-0.05, 0) is 36.6 Å². The van der Waals surface area contributed by atoms with Gasteiger partial charge in [0.25, 0.3) is 0 Å². The van der Waals surface area contributed by atoms with Crippen LogP contribution in [0.2, 0.25) is 0 Å². The van der Waals surface area contributed by atoms with Gasteiger partial charge in [-0.3, -0.25) is 0 Å². The number of aliphatic hydroxyl groups excluding tert-OH is 1. The highest BCUT2D eigenvalue weighted by molar-refractivity contribution is 5.54. The molecule has 0 heterocycles. The first-order valence-electron chi connectivity index (χ1n) is 5.39. The smallest absolute Gasteiger partial charge is 0.163 e. The number of benzene rings is 1. The number of hydrogen-bond acceptors (Lipinski definition) is 3. The van der Waals surface area contributed by atoms with E-state index in [0.717, 1.165) is 28.2 Å². The van der Waals surface area contributed by atoms with Crippen molar-refractivity contribution in [3.63, 3.8) is 0 Å². The molecule has 1 N–H and O–H groups in total. The summed E-state index contributed by atoms with van der Waals surface area (Å²) < 4.78 is 10.6. The number of rotatable bonds is 4. The van der Waals surface area contributed by atoms with Crippen LogP contribution in [0.15, 0.2) is 6.07 Å². The molecule has 1 rings (SSSR count). The second kappa shape index (κ2) is 5.21. The van der Waals surface area contributed by atoms with Crippen molar-refractivity contribution in [1.29, 1.82) is 0 Å². The second-order valence-electron chi connectivity index (χ2n) is 4.03. The van der Waals surface area contributed by atoms with Crippen molar-refractivity contribution in [3.05, 3.63) is 22.8 Å². The zero-order chi connectivity index (χ0) is 12.3. The third-order valence-corrected chi connectivity index (χ3v) is 3.08. The van der Waals surface area contributed by atoms with Crippen molar-refractivity contribution in [2.24, 2.45) is 0 Å². The summed E-state index contributed by atoms with van der Waals surface area (Å²) in [4.78, 5) is 0. The Morgan fingerprint density at radius 1 is 1.19 bits per heavy atom. The third kappa shape index (κ3) is 2.14. The lowest BCUT2D eigenvalue weighted by Crippen LogP contribution is -2.05. The van der Waals surface area contributed by atoms with Gasteiger partial charge < -0.3 is 14.6 Å². The summed E-state index contributed by atoms with van der Waals surface area (Å²) in [6.07, 6.45) is 0. The van der Waals surface area contributed by atoms with Crippen LogP contribution in [-0.4, -0.2) is 25.9 Å². The molecule has 0 fully saturated rings. The van der Waals surface area contributed by atoms with Gasteiger partial charge >= 0.3 is 0 Å². The van der Waals surface area contributed by atoms with Crippen LogP contribution in [-0.2, 0) is 0 Å². The molecule has 0 bridgehead atoms. The molecule has 1 aromatic carbocycles. The maximum Gasteiger partial charge on any atom is 0.163 e. The number of ether oxygens (including phenoxy) is 2. The minimum absolute atomic E-state index is 0.110. The summed E-state index contributed by atoms with van der Waals surface area (Å²) in [5, 5.41) is 9.22. The quantitative estimate of drug-likeness (QED) is 0.853. The molecule has 0 spiro atoms. The van der Waals surface area contributed by atoms with Gasteiger partial charge in [-0.2, -0.15) is 0 Å². The monoisotopic (exact) mass is 224 g/mol. The highest BCUT2D eigenvalue weighted by Crippen LogP contribution is 2.37. The second-order valence-corrected chi connectivity index (χ2v) is 4.03.